The van der Waals surface area contributed by atoms with Crippen molar-refractivity contribution in [3.05, 3.63) is 55.5 Å². The van der Waals surface area contributed by atoms with Gasteiger partial charge in [-0.15, -0.1) is 11.3 Å². The molecule has 1 amide bonds. The van der Waals surface area contributed by atoms with E-state index < -0.39 is 11.2 Å². The van der Waals surface area contributed by atoms with Gasteiger partial charge in [-0.05, 0) is 17.5 Å². The molecule has 3 heterocycles. The molecule has 118 valence electrons. The van der Waals surface area contributed by atoms with Crippen LogP contribution in [-0.4, -0.2) is 20.0 Å². The van der Waals surface area contributed by atoms with E-state index in [0.29, 0.717) is 5.69 Å². The zero-order chi connectivity index (χ0) is 16.6. The predicted molar refractivity (Wildman–Crippen MR) is 88.9 cm³/mol. The van der Waals surface area contributed by atoms with Gasteiger partial charge in [0, 0.05) is 19.0 Å². The summed E-state index contributed by atoms with van der Waals surface area (Å²) in [5.74, 6) is -0.185. The molecule has 3 rings (SSSR count). The van der Waals surface area contributed by atoms with Gasteiger partial charge in [0.25, 0.3) is 5.56 Å². The van der Waals surface area contributed by atoms with Crippen molar-refractivity contribution in [1.82, 2.24) is 14.1 Å². The van der Waals surface area contributed by atoms with Crippen molar-refractivity contribution >= 4 is 34.0 Å². The predicted octanol–water partition coefficient (Wildman–Crippen LogP) is 0.875. The first-order valence-corrected chi connectivity index (χ1v) is 7.73. The van der Waals surface area contributed by atoms with Crippen LogP contribution >= 0.6 is 11.3 Å². The first-order chi connectivity index (χ1) is 11.0. The number of amides is 1. The minimum Gasteiger partial charge on any atom is -0.324 e. The Hall–Kier alpha value is -2.74. The lowest BCUT2D eigenvalue weighted by molar-refractivity contribution is -0.115. The third-order valence-corrected chi connectivity index (χ3v) is 4.37. The summed E-state index contributed by atoms with van der Waals surface area (Å²) >= 11 is 1.50. The van der Waals surface area contributed by atoms with Crippen LogP contribution in [0.15, 0.2) is 39.4 Å². The normalized spacial score (nSPS) is 10.9. The highest BCUT2D eigenvalue weighted by atomic mass is 32.1. The van der Waals surface area contributed by atoms with Gasteiger partial charge in [0.15, 0.2) is 0 Å². The van der Waals surface area contributed by atoms with Gasteiger partial charge in [0.2, 0.25) is 5.91 Å². The van der Waals surface area contributed by atoms with E-state index in [1.807, 2.05) is 17.5 Å². The van der Waals surface area contributed by atoms with Crippen molar-refractivity contribution < 1.29 is 4.79 Å². The highest BCUT2D eigenvalue weighted by molar-refractivity contribution is 7.10. The highest BCUT2D eigenvalue weighted by Gasteiger charge is 2.11. The fourth-order valence-corrected chi connectivity index (χ4v) is 3.01. The van der Waals surface area contributed by atoms with Crippen molar-refractivity contribution in [2.75, 3.05) is 5.32 Å². The Bertz CT molecular complexity index is 1000. The number of thiophene rings is 1. The van der Waals surface area contributed by atoms with E-state index in [4.69, 9.17) is 0 Å². The van der Waals surface area contributed by atoms with Gasteiger partial charge in [-0.1, -0.05) is 6.07 Å². The number of nitrogens with zero attached hydrogens (tertiary/aromatic N) is 3. The van der Waals surface area contributed by atoms with Crippen molar-refractivity contribution in [2.45, 2.75) is 6.42 Å². The highest BCUT2D eigenvalue weighted by Crippen LogP contribution is 2.14. The van der Waals surface area contributed by atoms with E-state index in [0.717, 1.165) is 9.44 Å². The second-order valence-corrected chi connectivity index (χ2v) is 6.14. The first kappa shape index (κ1) is 15.2. The number of hydrogen-bond donors (Lipinski definition) is 1. The largest absolute Gasteiger partial charge is 0.332 e. The van der Waals surface area contributed by atoms with Crippen LogP contribution in [0.25, 0.3) is 11.0 Å². The molecule has 0 bridgehead atoms. The van der Waals surface area contributed by atoms with Crippen molar-refractivity contribution in [1.29, 1.82) is 0 Å². The van der Waals surface area contributed by atoms with Crippen LogP contribution < -0.4 is 16.6 Å². The van der Waals surface area contributed by atoms with E-state index in [1.54, 1.807) is 7.05 Å². The van der Waals surface area contributed by atoms with Gasteiger partial charge in [-0.3, -0.25) is 18.7 Å². The van der Waals surface area contributed by atoms with Crippen LogP contribution in [-0.2, 0) is 25.3 Å². The van der Waals surface area contributed by atoms with Crippen LogP contribution in [0, 0.1) is 0 Å². The Morgan fingerprint density at radius 3 is 2.78 bits per heavy atom. The first-order valence-electron chi connectivity index (χ1n) is 6.85. The van der Waals surface area contributed by atoms with Crippen LogP contribution in [0.2, 0.25) is 0 Å². The second kappa shape index (κ2) is 5.81. The molecule has 0 aromatic carbocycles. The summed E-state index contributed by atoms with van der Waals surface area (Å²) in [6.07, 6.45) is 1.70. The Balaban J connectivity index is 1.96. The maximum absolute atomic E-state index is 12.2. The minimum absolute atomic E-state index is 0.185. The number of hydrogen-bond acceptors (Lipinski definition) is 5. The molecule has 0 aliphatic heterocycles. The van der Waals surface area contributed by atoms with Crippen LogP contribution in [0.5, 0.6) is 0 Å². The number of carbonyl (C=O) groups excluding carboxylic acids is 1. The Labute approximate surface area is 134 Å². The third-order valence-electron chi connectivity index (χ3n) is 3.49. The molecule has 0 unspecified atom stereocenters. The summed E-state index contributed by atoms with van der Waals surface area (Å²) in [5, 5.41) is 4.91. The number of rotatable bonds is 3. The van der Waals surface area contributed by atoms with Crippen LogP contribution in [0.1, 0.15) is 4.88 Å². The van der Waals surface area contributed by atoms with Gasteiger partial charge in [0.05, 0.1) is 23.7 Å². The molecule has 0 aliphatic carbocycles. The molecule has 3 aromatic heterocycles. The molecule has 1 N–H and O–H groups in total. The van der Waals surface area contributed by atoms with Crippen molar-refractivity contribution in [3.8, 4) is 0 Å². The maximum atomic E-state index is 12.2. The van der Waals surface area contributed by atoms with Gasteiger partial charge in [0.1, 0.15) is 5.65 Å². The molecule has 23 heavy (non-hydrogen) atoms. The monoisotopic (exact) mass is 330 g/mol. The molecule has 0 fully saturated rings. The molecule has 0 spiro atoms. The van der Waals surface area contributed by atoms with Gasteiger partial charge >= 0.3 is 5.69 Å². The lowest BCUT2D eigenvalue weighted by Gasteiger charge is -2.09. The maximum Gasteiger partial charge on any atom is 0.332 e. The zero-order valence-electron chi connectivity index (χ0n) is 12.6. The zero-order valence-corrected chi connectivity index (χ0v) is 13.4. The van der Waals surface area contributed by atoms with E-state index in [1.165, 1.54) is 35.2 Å². The summed E-state index contributed by atoms with van der Waals surface area (Å²) in [6, 6.07) is 5.31. The van der Waals surface area contributed by atoms with E-state index in [2.05, 4.69) is 10.3 Å². The number of pyridine rings is 1. The van der Waals surface area contributed by atoms with E-state index >= 15 is 0 Å². The summed E-state index contributed by atoms with van der Waals surface area (Å²) in [5.41, 5.74) is -0.168. The molecule has 0 saturated carbocycles. The third kappa shape index (κ3) is 2.80. The smallest absolute Gasteiger partial charge is 0.324 e. The summed E-state index contributed by atoms with van der Waals surface area (Å²) in [4.78, 5) is 41.2. The SMILES string of the molecule is Cn1c(=O)c2cc(NC(=O)Cc3cccs3)cnc2n(C)c1=O. The lowest BCUT2D eigenvalue weighted by Crippen LogP contribution is -2.37. The molecular formula is C15H14N4O3S. The second-order valence-electron chi connectivity index (χ2n) is 5.11. The van der Waals surface area contributed by atoms with E-state index in [-0.39, 0.29) is 23.4 Å². The topological polar surface area (TPSA) is 86.0 Å². The van der Waals surface area contributed by atoms with Gasteiger partial charge in [-0.2, -0.15) is 0 Å². The molecule has 7 nitrogen and oxygen atoms in total. The average Bonchev–Trinajstić information content (AvgIpc) is 3.03. The fourth-order valence-electron chi connectivity index (χ4n) is 2.31. The molecule has 3 aromatic rings. The standard InChI is InChI=1S/C15H14N4O3S/c1-18-13-11(14(21)19(2)15(18)22)6-9(8-16-13)17-12(20)7-10-4-3-5-23-10/h3-6,8H,7H2,1-2H3,(H,17,20). The fraction of sp³-hybridized carbons (Fsp3) is 0.200. The summed E-state index contributed by atoms with van der Waals surface area (Å²) in [7, 11) is 2.96. The van der Waals surface area contributed by atoms with Crippen LogP contribution in [0.3, 0.4) is 0 Å². The molecule has 0 atom stereocenters. The molecule has 8 heteroatoms. The molecule has 0 radical (unpaired) electrons. The number of anilines is 1. The Kier molecular flexibility index (Phi) is 3.83. The Morgan fingerprint density at radius 1 is 1.30 bits per heavy atom. The number of carbonyl (C=O) groups is 1. The van der Waals surface area contributed by atoms with E-state index in [9.17, 15) is 14.4 Å². The quantitative estimate of drug-likeness (QED) is 0.772. The summed E-state index contributed by atoms with van der Waals surface area (Å²) in [6.45, 7) is 0. The molecule has 0 saturated heterocycles. The lowest BCUT2D eigenvalue weighted by atomic mass is 10.2. The number of fused-ring (bicyclic) bond motifs is 1. The summed E-state index contributed by atoms with van der Waals surface area (Å²) < 4.78 is 2.31. The number of nitrogens with one attached hydrogen (secondary N) is 1. The van der Waals surface area contributed by atoms with Crippen molar-refractivity contribution in [2.24, 2.45) is 14.1 Å². The van der Waals surface area contributed by atoms with Crippen molar-refractivity contribution in [3.63, 3.8) is 0 Å². The Morgan fingerprint density at radius 2 is 2.09 bits per heavy atom. The number of aryl methyl sites for hydroxylation is 1. The van der Waals surface area contributed by atoms with Gasteiger partial charge < -0.3 is 5.32 Å². The van der Waals surface area contributed by atoms with Crippen LogP contribution in [0.4, 0.5) is 5.69 Å². The van der Waals surface area contributed by atoms with Gasteiger partial charge in [-0.25, -0.2) is 9.78 Å². The number of aromatic nitrogens is 3. The molecular weight excluding hydrogens is 316 g/mol. The molecule has 0 aliphatic rings. The average molecular weight is 330 g/mol. The minimum atomic E-state index is -0.440.